The Morgan fingerprint density at radius 2 is 1.74 bits per heavy atom. The van der Waals surface area contributed by atoms with Gasteiger partial charge in [-0.2, -0.15) is 0 Å². The highest BCUT2D eigenvalue weighted by Gasteiger charge is 2.10. The molecule has 23 heavy (non-hydrogen) atoms. The third-order valence-electron chi connectivity index (χ3n) is 3.18. The normalized spacial score (nSPS) is 9.87. The van der Waals surface area contributed by atoms with Crippen molar-refractivity contribution in [1.82, 2.24) is 0 Å². The van der Waals surface area contributed by atoms with Gasteiger partial charge in [0, 0.05) is 17.3 Å². The van der Waals surface area contributed by atoms with Crippen molar-refractivity contribution in [3.05, 3.63) is 48.0 Å². The van der Waals surface area contributed by atoms with E-state index in [2.05, 4.69) is 10.6 Å². The summed E-state index contributed by atoms with van der Waals surface area (Å²) in [5.41, 5.74) is 1.53. The molecule has 0 aliphatic heterocycles. The maximum Gasteiger partial charge on any atom is 0.323 e. The van der Waals surface area contributed by atoms with Crippen LogP contribution in [0.2, 0.25) is 0 Å². The summed E-state index contributed by atoms with van der Waals surface area (Å²) in [7, 11) is 3.06. The van der Waals surface area contributed by atoms with Crippen LogP contribution in [0.1, 0.15) is 17.3 Å². The first-order valence-electron chi connectivity index (χ1n) is 6.94. The zero-order valence-corrected chi connectivity index (χ0v) is 13.2. The Balaban J connectivity index is 2.13. The minimum absolute atomic E-state index is 0.0662. The van der Waals surface area contributed by atoms with Crippen LogP contribution in [0.25, 0.3) is 0 Å². The van der Waals surface area contributed by atoms with Crippen molar-refractivity contribution in [3.63, 3.8) is 0 Å². The van der Waals surface area contributed by atoms with Gasteiger partial charge in [0.15, 0.2) is 5.78 Å². The molecule has 0 saturated carbocycles. The third kappa shape index (κ3) is 4.23. The zero-order valence-electron chi connectivity index (χ0n) is 13.2. The highest BCUT2D eigenvalue weighted by atomic mass is 16.5. The van der Waals surface area contributed by atoms with E-state index in [0.717, 1.165) is 0 Å². The average Bonchev–Trinajstić information content (AvgIpc) is 2.54. The number of methoxy groups -OCH3 is 2. The maximum absolute atomic E-state index is 12.1. The quantitative estimate of drug-likeness (QED) is 0.827. The summed E-state index contributed by atoms with van der Waals surface area (Å²) in [6, 6.07) is 11.4. The molecule has 0 bridgehead atoms. The van der Waals surface area contributed by atoms with Crippen LogP contribution < -0.4 is 20.1 Å². The number of carbonyl (C=O) groups excluding carboxylic acids is 2. The van der Waals surface area contributed by atoms with E-state index in [9.17, 15) is 9.59 Å². The number of urea groups is 1. The first-order valence-corrected chi connectivity index (χ1v) is 6.94. The van der Waals surface area contributed by atoms with E-state index >= 15 is 0 Å². The van der Waals surface area contributed by atoms with E-state index in [4.69, 9.17) is 9.47 Å². The standard InChI is InChI=1S/C17H18N2O4/c1-11(20)12-5-4-6-13(9-12)18-17(21)19-15-10-14(22-2)7-8-16(15)23-3/h4-10H,1-3H3,(H2,18,19,21). The predicted octanol–water partition coefficient (Wildman–Crippen LogP) is 3.55. The summed E-state index contributed by atoms with van der Waals surface area (Å²) in [5.74, 6) is 1.04. The molecule has 0 heterocycles. The lowest BCUT2D eigenvalue weighted by Gasteiger charge is -2.12. The molecule has 2 amide bonds. The molecule has 0 saturated heterocycles. The molecule has 0 aromatic heterocycles. The topological polar surface area (TPSA) is 76.7 Å². The van der Waals surface area contributed by atoms with Gasteiger partial charge in [-0.15, -0.1) is 0 Å². The van der Waals surface area contributed by atoms with Crippen LogP contribution in [-0.2, 0) is 0 Å². The Morgan fingerprint density at radius 1 is 0.957 bits per heavy atom. The molecule has 0 aliphatic rings. The molecule has 0 aliphatic carbocycles. The monoisotopic (exact) mass is 314 g/mol. The van der Waals surface area contributed by atoms with E-state index in [1.165, 1.54) is 14.0 Å². The van der Waals surface area contributed by atoms with Gasteiger partial charge < -0.3 is 20.1 Å². The maximum atomic E-state index is 12.1. The number of ether oxygens (including phenoxy) is 2. The van der Waals surface area contributed by atoms with E-state index < -0.39 is 6.03 Å². The number of hydrogen-bond donors (Lipinski definition) is 2. The van der Waals surface area contributed by atoms with Crippen LogP contribution in [0.15, 0.2) is 42.5 Å². The molecule has 2 N–H and O–H groups in total. The molecule has 0 fully saturated rings. The zero-order chi connectivity index (χ0) is 16.8. The molecule has 0 unspecified atom stereocenters. The van der Waals surface area contributed by atoms with Crippen molar-refractivity contribution in [2.24, 2.45) is 0 Å². The number of anilines is 2. The molecule has 120 valence electrons. The average molecular weight is 314 g/mol. The highest BCUT2D eigenvalue weighted by molar-refractivity contribution is 6.02. The Bertz CT molecular complexity index is 728. The number of nitrogens with one attached hydrogen (secondary N) is 2. The largest absolute Gasteiger partial charge is 0.497 e. The first-order chi connectivity index (χ1) is 11.0. The van der Waals surface area contributed by atoms with Gasteiger partial charge in [0.25, 0.3) is 0 Å². The second-order valence-electron chi connectivity index (χ2n) is 4.78. The Labute approximate surface area is 134 Å². The van der Waals surface area contributed by atoms with Crippen molar-refractivity contribution in [2.45, 2.75) is 6.92 Å². The lowest BCUT2D eigenvalue weighted by molar-refractivity contribution is 0.101. The molecule has 2 aromatic rings. The molecule has 0 radical (unpaired) electrons. The lowest BCUT2D eigenvalue weighted by atomic mass is 10.1. The van der Waals surface area contributed by atoms with Crippen LogP contribution in [0, 0.1) is 0 Å². The van der Waals surface area contributed by atoms with Crippen molar-refractivity contribution >= 4 is 23.2 Å². The van der Waals surface area contributed by atoms with Gasteiger partial charge in [0.05, 0.1) is 19.9 Å². The van der Waals surface area contributed by atoms with Gasteiger partial charge in [0.2, 0.25) is 0 Å². The van der Waals surface area contributed by atoms with Crippen LogP contribution in [0.3, 0.4) is 0 Å². The first kappa shape index (κ1) is 16.4. The van der Waals surface area contributed by atoms with Gasteiger partial charge in [-0.3, -0.25) is 4.79 Å². The van der Waals surface area contributed by atoms with E-state index in [1.54, 1.807) is 49.6 Å². The summed E-state index contributed by atoms with van der Waals surface area (Å²) in [4.78, 5) is 23.5. The number of carbonyl (C=O) groups is 2. The highest BCUT2D eigenvalue weighted by Crippen LogP contribution is 2.29. The second kappa shape index (κ2) is 7.31. The van der Waals surface area contributed by atoms with Gasteiger partial charge >= 0.3 is 6.03 Å². The molecule has 6 nitrogen and oxygen atoms in total. The SMILES string of the molecule is COc1ccc(OC)c(NC(=O)Nc2cccc(C(C)=O)c2)c1. The second-order valence-corrected chi connectivity index (χ2v) is 4.78. The van der Waals surface area contributed by atoms with Gasteiger partial charge in [-0.05, 0) is 31.2 Å². The summed E-state index contributed by atoms with van der Waals surface area (Å²) in [6.07, 6.45) is 0. The minimum atomic E-state index is -0.447. The fourth-order valence-electron chi connectivity index (χ4n) is 2.01. The number of rotatable bonds is 5. The van der Waals surface area contributed by atoms with Crippen molar-refractivity contribution in [2.75, 3.05) is 24.9 Å². The van der Waals surface area contributed by atoms with Crippen molar-refractivity contribution in [1.29, 1.82) is 0 Å². The molecule has 0 atom stereocenters. The number of hydrogen-bond acceptors (Lipinski definition) is 4. The molecular formula is C17H18N2O4. The molecule has 6 heteroatoms. The number of Topliss-reactive ketones (excluding diaryl/α,β-unsaturated/α-hetero) is 1. The van der Waals surface area contributed by atoms with E-state index in [-0.39, 0.29) is 5.78 Å². The van der Waals surface area contributed by atoms with Gasteiger partial charge in [-0.1, -0.05) is 12.1 Å². The smallest absolute Gasteiger partial charge is 0.323 e. The lowest BCUT2D eigenvalue weighted by Crippen LogP contribution is -2.20. The van der Waals surface area contributed by atoms with Crippen molar-refractivity contribution < 1.29 is 19.1 Å². The van der Waals surface area contributed by atoms with Gasteiger partial charge in [-0.25, -0.2) is 4.79 Å². The molecular weight excluding hydrogens is 296 g/mol. The summed E-state index contributed by atoms with van der Waals surface area (Å²) < 4.78 is 10.3. The predicted molar refractivity (Wildman–Crippen MR) is 88.6 cm³/mol. The molecule has 2 aromatic carbocycles. The van der Waals surface area contributed by atoms with Crippen LogP contribution >= 0.6 is 0 Å². The Kier molecular flexibility index (Phi) is 5.19. The molecule has 0 spiro atoms. The third-order valence-corrected chi connectivity index (χ3v) is 3.18. The fourth-order valence-corrected chi connectivity index (χ4v) is 2.01. The Morgan fingerprint density at radius 3 is 2.39 bits per heavy atom. The Hall–Kier alpha value is -3.02. The summed E-state index contributed by atoms with van der Waals surface area (Å²) in [6.45, 7) is 1.47. The van der Waals surface area contributed by atoms with Crippen LogP contribution in [0.4, 0.5) is 16.2 Å². The number of ketones is 1. The number of amides is 2. The van der Waals surface area contributed by atoms with Crippen molar-refractivity contribution in [3.8, 4) is 11.5 Å². The minimum Gasteiger partial charge on any atom is -0.497 e. The van der Waals surface area contributed by atoms with E-state index in [0.29, 0.717) is 28.4 Å². The molecule has 2 rings (SSSR count). The van der Waals surface area contributed by atoms with Crippen LogP contribution in [0.5, 0.6) is 11.5 Å². The van der Waals surface area contributed by atoms with Gasteiger partial charge in [0.1, 0.15) is 11.5 Å². The van der Waals surface area contributed by atoms with Crippen LogP contribution in [-0.4, -0.2) is 26.0 Å². The van der Waals surface area contributed by atoms with E-state index in [1.807, 2.05) is 0 Å². The summed E-state index contributed by atoms with van der Waals surface area (Å²) >= 11 is 0. The number of benzene rings is 2. The fraction of sp³-hybridized carbons (Fsp3) is 0.176. The summed E-state index contributed by atoms with van der Waals surface area (Å²) in [5, 5.41) is 5.37.